The summed E-state index contributed by atoms with van der Waals surface area (Å²) in [5.74, 6) is 0.361. The van der Waals surface area contributed by atoms with Gasteiger partial charge < -0.3 is 9.84 Å². The van der Waals surface area contributed by atoms with Crippen LogP contribution in [0.1, 0.15) is 25.3 Å². The quantitative estimate of drug-likeness (QED) is 0.585. The van der Waals surface area contributed by atoms with E-state index in [0.29, 0.717) is 22.2 Å². The Morgan fingerprint density at radius 2 is 1.78 bits per heavy atom. The molecule has 27 heavy (non-hydrogen) atoms. The van der Waals surface area contributed by atoms with Crippen molar-refractivity contribution in [1.29, 1.82) is 0 Å². The molecule has 2 aromatic rings. The number of ether oxygens (including phenoxy) is 1. The molecule has 0 aliphatic carbocycles. The third-order valence-electron chi connectivity index (χ3n) is 3.88. The number of hydrogen-bond donors (Lipinski definition) is 1. The highest BCUT2D eigenvalue weighted by Gasteiger charge is 2.25. The molecule has 0 bridgehead atoms. The van der Waals surface area contributed by atoms with Crippen LogP contribution in [0.15, 0.2) is 47.4 Å². The first-order chi connectivity index (χ1) is 12.7. The van der Waals surface area contributed by atoms with Gasteiger partial charge >= 0.3 is 0 Å². The summed E-state index contributed by atoms with van der Waals surface area (Å²) in [7, 11) is -3.97. The third kappa shape index (κ3) is 6.36. The summed E-state index contributed by atoms with van der Waals surface area (Å²) in [6, 6.07) is 11.0. The molecule has 5 nitrogen and oxygen atoms in total. The van der Waals surface area contributed by atoms with Crippen molar-refractivity contribution >= 4 is 33.3 Å². The molecule has 8 heteroatoms. The lowest BCUT2D eigenvalue weighted by Crippen LogP contribution is -2.36. The van der Waals surface area contributed by atoms with Crippen LogP contribution in [0.5, 0.6) is 5.75 Å². The second-order valence-electron chi connectivity index (χ2n) is 6.14. The highest BCUT2D eigenvalue weighted by atomic mass is 35.5. The maximum atomic E-state index is 12.3. The largest absolute Gasteiger partial charge is 0.486 e. The zero-order valence-corrected chi connectivity index (χ0v) is 17.4. The summed E-state index contributed by atoms with van der Waals surface area (Å²) in [6.45, 7) is 3.36. The van der Waals surface area contributed by atoms with Crippen LogP contribution in [-0.2, 0) is 14.3 Å². The minimum atomic E-state index is -3.97. The number of aryl methyl sites for hydroxylation is 1. The van der Waals surface area contributed by atoms with Crippen LogP contribution < -0.4 is 4.74 Å². The van der Waals surface area contributed by atoms with E-state index in [1.807, 2.05) is 13.8 Å². The van der Waals surface area contributed by atoms with Gasteiger partial charge in [-0.3, -0.25) is 4.18 Å². The SMILES string of the molecule is CCC[C@H](Oc1ccc(Cl)cc1Cl)[C@@H](O)COS(=O)(=O)c1ccc(C)cc1. The number of hydrogen-bond acceptors (Lipinski definition) is 5. The van der Waals surface area contributed by atoms with Crippen LogP contribution in [0.3, 0.4) is 0 Å². The van der Waals surface area contributed by atoms with E-state index in [9.17, 15) is 13.5 Å². The van der Waals surface area contributed by atoms with Gasteiger partial charge in [-0.1, -0.05) is 54.2 Å². The molecule has 0 saturated carbocycles. The summed E-state index contributed by atoms with van der Waals surface area (Å²) >= 11 is 12.0. The molecule has 0 aliphatic heterocycles. The maximum Gasteiger partial charge on any atom is 0.297 e. The van der Waals surface area contributed by atoms with Gasteiger partial charge in [0.2, 0.25) is 0 Å². The minimum absolute atomic E-state index is 0.0361. The van der Waals surface area contributed by atoms with Crippen molar-refractivity contribution < 1.29 is 22.4 Å². The highest BCUT2D eigenvalue weighted by Crippen LogP contribution is 2.29. The lowest BCUT2D eigenvalue weighted by Gasteiger charge is -2.24. The van der Waals surface area contributed by atoms with Crippen LogP contribution in [-0.4, -0.2) is 32.3 Å². The van der Waals surface area contributed by atoms with Crippen LogP contribution in [0.4, 0.5) is 0 Å². The molecule has 2 rings (SSSR count). The summed E-state index contributed by atoms with van der Waals surface area (Å²) < 4.78 is 35.3. The topological polar surface area (TPSA) is 72.8 Å². The van der Waals surface area contributed by atoms with Crippen LogP contribution in [0, 0.1) is 6.92 Å². The zero-order valence-electron chi connectivity index (χ0n) is 15.1. The highest BCUT2D eigenvalue weighted by molar-refractivity contribution is 7.86. The van der Waals surface area contributed by atoms with Gasteiger partial charge in [-0.05, 0) is 43.7 Å². The van der Waals surface area contributed by atoms with Gasteiger partial charge in [0.15, 0.2) is 0 Å². The third-order valence-corrected chi connectivity index (χ3v) is 5.70. The van der Waals surface area contributed by atoms with Gasteiger partial charge in [-0.25, -0.2) is 0 Å². The molecule has 0 radical (unpaired) electrons. The van der Waals surface area contributed by atoms with Crippen LogP contribution >= 0.6 is 23.2 Å². The van der Waals surface area contributed by atoms with Crippen molar-refractivity contribution in [2.24, 2.45) is 0 Å². The standard InChI is InChI=1S/C19H22Cl2O5S/c1-3-4-19(26-18-10-7-14(20)11-16(18)21)17(22)12-25-27(23,24)15-8-5-13(2)6-9-15/h5-11,17,19,22H,3-4,12H2,1-2H3/t17-,19-/m0/s1. The van der Waals surface area contributed by atoms with Gasteiger partial charge in [0.1, 0.15) is 18.0 Å². The van der Waals surface area contributed by atoms with E-state index in [-0.39, 0.29) is 4.90 Å². The van der Waals surface area contributed by atoms with Gasteiger partial charge in [0.05, 0.1) is 16.5 Å². The first-order valence-corrected chi connectivity index (χ1v) is 10.6. The number of aliphatic hydroxyl groups is 1. The van der Waals surface area contributed by atoms with Crippen molar-refractivity contribution in [2.75, 3.05) is 6.61 Å². The predicted octanol–water partition coefficient (Wildman–Crippen LogP) is 4.62. The second kappa shape index (κ2) is 9.75. The fourth-order valence-corrected chi connectivity index (χ4v) is 3.76. The number of halogens is 2. The van der Waals surface area contributed by atoms with Crippen molar-refractivity contribution in [3.05, 3.63) is 58.1 Å². The minimum Gasteiger partial charge on any atom is -0.486 e. The molecule has 1 N–H and O–H groups in total. The molecule has 0 unspecified atom stereocenters. The van der Waals surface area contributed by atoms with Crippen LogP contribution in [0.25, 0.3) is 0 Å². The number of rotatable bonds is 9. The van der Waals surface area contributed by atoms with Crippen molar-refractivity contribution in [3.63, 3.8) is 0 Å². The average molecular weight is 433 g/mol. The lowest BCUT2D eigenvalue weighted by atomic mass is 10.1. The molecule has 0 heterocycles. The van der Waals surface area contributed by atoms with E-state index in [0.717, 1.165) is 12.0 Å². The monoisotopic (exact) mass is 432 g/mol. The van der Waals surface area contributed by atoms with Crippen molar-refractivity contribution in [2.45, 2.75) is 43.8 Å². The van der Waals surface area contributed by atoms with E-state index < -0.39 is 28.9 Å². The maximum absolute atomic E-state index is 12.3. The van der Waals surface area contributed by atoms with Gasteiger partial charge in [-0.2, -0.15) is 8.42 Å². The van der Waals surface area contributed by atoms with Crippen molar-refractivity contribution in [3.8, 4) is 5.75 Å². The lowest BCUT2D eigenvalue weighted by molar-refractivity contribution is 0.00342. The Balaban J connectivity index is 2.05. The van der Waals surface area contributed by atoms with E-state index in [4.69, 9.17) is 32.1 Å². The van der Waals surface area contributed by atoms with E-state index in [2.05, 4.69) is 0 Å². The second-order valence-corrected chi connectivity index (χ2v) is 8.60. The van der Waals surface area contributed by atoms with E-state index >= 15 is 0 Å². The summed E-state index contributed by atoms with van der Waals surface area (Å²) in [5.41, 5.74) is 0.935. The Morgan fingerprint density at radius 1 is 1.11 bits per heavy atom. The molecule has 2 aromatic carbocycles. The fraction of sp³-hybridized carbons (Fsp3) is 0.368. The number of aliphatic hydroxyl groups excluding tert-OH is 1. The molecule has 0 spiro atoms. The molecule has 0 fully saturated rings. The Kier molecular flexibility index (Phi) is 7.94. The summed E-state index contributed by atoms with van der Waals surface area (Å²) in [5, 5.41) is 11.2. The van der Waals surface area contributed by atoms with Gasteiger partial charge in [0.25, 0.3) is 10.1 Å². The Labute approximate surface area is 170 Å². The summed E-state index contributed by atoms with van der Waals surface area (Å²) in [4.78, 5) is 0.0361. The molecule has 0 amide bonds. The Morgan fingerprint density at radius 3 is 2.37 bits per heavy atom. The Bertz CT molecular complexity index is 853. The predicted molar refractivity (Wildman–Crippen MR) is 106 cm³/mol. The normalized spacial score (nSPS) is 14.0. The number of benzene rings is 2. The smallest absolute Gasteiger partial charge is 0.297 e. The molecule has 0 aliphatic rings. The Hall–Kier alpha value is -1.31. The van der Waals surface area contributed by atoms with E-state index in [1.54, 1.807) is 24.3 Å². The average Bonchev–Trinajstić information content (AvgIpc) is 2.62. The molecular formula is C19H22Cl2O5S. The van der Waals surface area contributed by atoms with Gasteiger partial charge in [-0.15, -0.1) is 0 Å². The molecule has 148 valence electrons. The fourth-order valence-electron chi connectivity index (χ4n) is 2.39. The first-order valence-electron chi connectivity index (χ1n) is 8.49. The molecule has 0 aromatic heterocycles. The molecular weight excluding hydrogens is 411 g/mol. The van der Waals surface area contributed by atoms with Crippen molar-refractivity contribution in [1.82, 2.24) is 0 Å². The molecule has 0 saturated heterocycles. The van der Waals surface area contributed by atoms with Crippen LogP contribution in [0.2, 0.25) is 10.0 Å². The zero-order chi connectivity index (χ0) is 20.0. The summed E-state index contributed by atoms with van der Waals surface area (Å²) in [6.07, 6.45) is -0.620. The van der Waals surface area contributed by atoms with E-state index in [1.165, 1.54) is 18.2 Å². The van der Waals surface area contributed by atoms with Gasteiger partial charge in [0, 0.05) is 5.02 Å². The first kappa shape index (κ1) is 22.0. The molecule has 2 atom stereocenters.